The van der Waals surface area contributed by atoms with Crippen LogP contribution in [0.5, 0.6) is 0 Å². The number of amides is 1. The van der Waals surface area contributed by atoms with Crippen molar-refractivity contribution in [3.05, 3.63) is 24.4 Å². The summed E-state index contributed by atoms with van der Waals surface area (Å²) in [6.07, 6.45) is 4.63. The summed E-state index contributed by atoms with van der Waals surface area (Å²) in [5.41, 5.74) is 0.0825. The minimum atomic E-state index is 0.0825. The molecule has 3 rings (SSSR count). The summed E-state index contributed by atoms with van der Waals surface area (Å²) >= 11 is 0. The molecule has 0 saturated carbocycles. The molecule has 7 nitrogen and oxygen atoms in total. The van der Waals surface area contributed by atoms with Crippen molar-refractivity contribution in [1.29, 1.82) is 0 Å². The molecule has 2 aliphatic rings. The van der Waals surface area contributed by atoms with Crippen LogP contribution < -0.4 is 16.0 Å². The summed E-state index contributed by atoms with van der Waals surface area (Å²) in [5.74, 6) is 1.97. The molecule has 1 spiro atoms. The van der Waals surface area contributed by atoms with Crippen LogP contribution in [0.25, 0.3) is 0 Å². The number of hydrogen-bond acceptors (Lipinski definition) is 4. The maximum absolute atomic E-state index is 11.6. The molecule has 3 heterocycles. The molecule has 0 bridgehead atoms. The van der Waals surface area contributed by atoms with Crippen LogP contribution in [-0.2, 0) is 4.79 Å². The van der Waals surface area contributed by atoms with E-state index in [4.69, 9.17) is 0 Å². The highest BCUT2D eigenvalue weighted by Crippen LogP contribution is 2.35. The lowest BCUT2D eigenvalue weighted by Gasteiger charge is -2.40. The van der Waals surface area contributed by atoms with Crippen LogP contribution in [-0.4, -0.2) is 61.5 Å². The first-order valence-electron chi connectivity index (χ1n) is 8.58. The number of piperidine rings is 1. The van der Waals surface area contributed by atoms with Crippen molar-refractivity contribution in [2.24, 2.45) is 10.4 Å². The van der Waals surface area contributed by atoms with Gasteiger partial charge in [0.05, 0.1) is 0 Å². The number of pyridine rings is 1. The molecule has 7 heteroatoms. The second kappa shape index (κ2) is 7.51. The Morgan fingerprint density at radius 1 is 1.46 bits per heavy atom. The fraction of sp³-hybridized carbons (Fsp3) is 0.588. The number of nitrogens with one attached hydrogen (secondary N) is 3. The van der Waals surface area contributed by atoms with Crippen molar-refractivity contribution in [1.82, 2.24) is 20.5 Å². The Hall–Kier alpha value is -2.31. The lowest BCUT2D eigenvalue weighted by molar-refractivity contribution is -0.119. The van der Waals surface area contributed by atoms with E-state index in [-0.39, 0.29) is 11.3 Å². The summed E-state index contributed by atoms with van der Waals surface area (Å²) in [4.78, 5) is 22.6. The molecule has 1 aromatic heterocycles. The normalized spacial score (nSPS) is 24.1. The van der Waals surface area contributed by atoms with E-state index in [1.54, 1.807) is 6.20 Å². The molecule has 24 heavy (non-hydrogen) atoms. The monoisotopic (exact) mass is 330 g/mol. The number of aromatic nitrogens is 1. The fourth-order valence-corrected chi connectivity index (χ4v) is 3.59. The summed E-state index contributed by atoms with van der Waals surface area (Å²) < 4.78 is 0. The van der Waals surface area contributed by atoms with Gasteiger partial charge in [0.15, 0.2) is 5.96 Å². The van der Waals surface area contributed by atoms with Crippen LogP contribution >= 0.6 is 0 Å². The lowest BCUT2D eigenvalue weighted by Crippen LogP contribution is -2.51. The predicted molar refractivity (Wildman–Crippen MR) is 95.0 cm³/mol. The molecular weight excluding hydrogens is 304 g/mol. The minimum Gasteiger partial charge on any atom is -0.368 e. The van der Waals surface area contributed by atoms with E-state index in [0.29, 0.717) is 6.42 Å². The Kier molecular flexibility index (Phi) is 5.17. The van der Waals surface area contributed by atoms with Crippen molar-refractivity contribution in [2.45, 2.75) is 19.3 Å². The molecule has 2 saturated heterocycles. The van der Waals surface area contributed by atoms with Gasteiger partial charge in [0, 0.05) is 57.8 Å². The molecule has 2 aliphatic heterocycles. The third-order valence-corrected chi connectivity index (χ3v) is 4.75. The molecule has 3 N–H and O–H groups in total. The molecule has 1 aromatic rings. The molecule has 130 valence electrons. The number of carbonyl (C=O) groups excluding carboxylic acids is 1. The Labute approximate surface area is 142 Å². The number of aliphatic imine (C=N–C) groups is 1. The van der Waals surface area contributed by atoms with Crippen molar-refractivity contribution in [3.8, 4) is 0 Å². The van der Waals surface area contributed by atoms with E-state index in [2.05, 4.69) is 30.8 Å². The minimum absolute atomic E-state index is 0.0825. The van der Waals surface area contributed by atoms with Gasteiger partial charge in [0.1, 0.15) is 5.82 Å². The van der Waals surface area contributed by atoms with Crippen molar-refractivity contribution in [3.63, 3.8) is 0 Å². The molecular formula is C17H26N6O. The summed E-state index contributed by atoms with van der Waals surface area (Å²) in [6, 6.07) is 5.82. The molecule has 1 unspecified atom stereocenters. The summed E-state index contributed by atoms with van der Waals surface area (Å²) in [6.45, 7) is 4.21. The van der Waals surface area contributed by atoms with Gasteiger partial charge in [-0.25, -0.2) is 4.98 Å². The van der Waals surface area contributed by atoms with E-state index >= 15 is 0 Å². The number of anilines is 1. The molecule has 1 atom stereocenters. The second-order valence-corrected chi connectivity index (χ2v) is 6.59. The number of carbonyl (C=O) groups is 1. The molecule has 2 fully saturated rings. The van der Waals surface area contributed by atoms with Crippen LogP contribution in [0, 0.1) is 5.41 Å². The van der Waals surface area contributed by atoms with Gasteiger partial charge >= 0.3 is 0 Å². The van der Waals surface area contributed by atoms with Crippen LogP contribution in [0.3, 0.4) is 0 Å². The Morgan fingerprint density at radius 3 is 3.08 bits per heavy atom. The van der Waals surface area contributed by atoms with E-state index in [1.165, 1.54) is 0 Å². The van der Waals surface area contributed by atoms with Gasteiger partial charge < -0.3 is 20.9 Å². The lowest BCUT2D eigenvalue weighted by atomic mass is 9.79. The zero-order chi connectivity index (χ0) is 16.8. The first-order valence-corrected chi connectivity index (χ1v) is 8.58. The van der Waals surface area contributed by atoms with Gasteiger partial charge in [-0.05, 0) is 25.0 Å². The summed E-state index contributed by atoms with van der Waals surface area (Å²) in [5, 5.41) is 9.67. The zero-order valence-corrected chi connectivity index (χ0v) is 14.2. The van der Waals surface area contributed by atoms with Gasteiger partial charge in [-0.1, -0.05) is 6.07 Å². The van der Waals surface area contributed by atoms with Crippen LogP contribution in [0.1, 0.15) is 19.3 Å². The standard InChI is InChI=1S/C17H26N6O/c1-18-16(21-9-8-20-14-5-2-3-7-19-14)23-10-4-6-17(13-23)11-15(24)22-12-17/h2-3,5,7H,4,6,8-13H2,1H3,(H,18,21)(H,19,20)(H,22,24). The quantitative estimate of drug-likeness (QED) is 0.429. The molecule has 1 amide bonds. The topological polar surface area (TPSA) is 81.7 Å². The van der Waals surface area contributed by atoms with Gasteiger partial charge in [-0.3, -0.25) is 9.79 Å². The molecule has 0 radical (unpaired) electrons. The van der Waals surface area contributed by atoms with Crippen LogP contribution in [0.4, 0.5) is 5.82 Å². The summed E-state index contributed by atoms with van der Waals surface area (Å²) in [7, 11) is 1.81. The average Bonchev–Trinajstić information content (AvgIpc) is 2.96. The number of hydrogen-bond donors (Lipinski definition) is 3. The molecule has 0 aromatic carbocycles. The van der Waals surface area contributed by atoms with E-state index in [1.807, 2.05) is 25.2 Å². The Morgan fingerprint density at radius 2 is 2.38 bits per heavy atom. The highest BCUT2D eigenvalue weighted by Gasteiger charge is 2.42. The van der Waals surface area contributed by atoms with Crippen molar-refractivity contribution < 1.29 is 4.79 Å². The maximum Gasteiger partial charge on any atom is 0.220 e. The number of rotatable bonds is 4. The van der Waals surface area contributed by atoms with Crippen molar-refractivity contribution >= 4 is 17.7 Å². The first-order chi connectivity index (χ1) is 11.7. The second-order valence-electron chi connectivity index (χ2n) is 6.59. The number of likely N-dealkylation sites (tertiary alicyclic amines) is 1. The first kappa shape index (κ1) is 16.5. The highest BCUT2D eigenvalue weighted by atomic mass is 16.1. The molecule has 0 aliphatic carbocycles. The highest BCUT2D eigenvalue weighted by molar-refractivity contribution is 5.81. The SMILES string of the molecule is CN=C(NCCNc1ccccn1)N1CCCC2(CNC(=O)C2)C1. The van der Waals surface area contributed by atoms with Crippen molar-refractivity contribution in [2.75, 3.05) is 45.1 Å². The van der Waals surface area contributed by atoms with Gasteiger partial charge in [0.2, 0.25) is 5.91 Å². The average molecular weight is 330 g/mol. The Balaban J connectivity index is 1.48. The number of nitrogens with zero attached hydrogens (tertiary/aromatic N) is 3. The Bertz CT molecular complexity index is 590. The maximum atomic E-state index is 11.6. The van der Waals surface area contributed by atoms with Crippen LogP contribution in [0.2, 0.25) is 0 Å². The largest absolute Gasteiger partial charge is 0.368 e. The van der Waals surface area contributed by atoms with E-state index in [9.17, 15) is 4.79 Å². The zero-order valence-electron chi connectivity index (χ0n) is 14.2. The number of guanidine groups is 1. The fourth-order valence-electron chi connectivity index (χ4n) is 3.59. The van der Waals surface area contributed by atoms with Gasteiger partial charge in [-0.2, -0.15) is 0 Å². The third kappa shape index (κ3) is 3.96. The third-order valence-electron chi connectivity index (χ3n) is 4.75. The van der Waals surface area contributed by atoms with Gasteiger partial charge in [-0.15, -0.1) is 0 Å². The predicted octanol–water partition coefficient (Wildman–Crippen LogP) is 0.671. The van der Waals surface area contributed by atoms with E-state index in [0.717, 1.165) is 57.3 Å². The van der Waals surface area contributed by atoms with Crippen LogP contribution in [0.15, 0.2) is 29.4 Å². The van der Waals surface area contributed by atoms with Gasteiger partial charge in [0.25, 0.3) is 0 Å². The smallest absolute Gasteiger partial charge is 0.220 e. The van der Waals surface area contributed by atoms with E-state index < -0.39 is 0 Å².